The van der Waals surface area contributed by atoms with Crippen molar-refractivity contribution in [2.24, 2.45) is 0 Å². The molecular formula is C22H20N8O5S3. The first kappa shape index (κ1) is 26.6. The highest BCUT2D eigenvalue weighted by atomic mass is 32.2. The van der Waals surface area contributed by atoms with Crippen LogP contribution in [-0.2, 0) is 20.0 Å². The third-order valence-electron chi connectivity index (χ3n) is 4.73. The van der Waals surface area contributed by atoms with Crippen LogP contribution in [0, 0.1) is 0 Å². The molecule has 0 atom stereocenters. The highest BCUT2D eigenvalue weighted by Gasteiger charge is 2.17. The Morgan fingerprint density at radius 1 is 0.763 bits per heavy atom. The molecule has 38 heavy (non-hydrogen) atoms. The number of nitrogens with one attached hydrogen (secondary N) is 4. The molecule has 16 heteroatoms. The van der Waals surface area contributed by atoms with Crippen LogP contribution in [0.25, 0.3) is 0 Å². The fraction of sp³-hybridized carbons (Fsp3) is 0.0455. The standard InChI is InChI=1S/C22H20N8O5S3/c1-35-20-13-19(25-14-26-20)29-37(31,32)17-7-3-15(4-8-17)27-22(36)28-16-5-9-18(10-6-16)38(33,34)30-21-23-11-2-12-24-21/h2-14H,1H3,(H,23,24,30)(H,25,26,29)(H2,27,28,36). The van der Waals surface area contributed by atoms with Crippen molar-refractivity contribution in [1.29, 1.82) is 0 Å². The van der Waals surface area contributed by atoms with Crippen molar-refractivity contribution in [2.75, 3.05) is 27.2 Å². The van der Waals surface area contributed by atoms with Crippen LogP contribution in [0.15, 0.2) is 89.2 Å². The second kappa shape index (κ2) is 11.3. The Morgan fingerprint density at radius 3 is 1.82 bits per heavy atom. The van der Waals surface area contributed by atoms with Crippen molar-refractivity contribution in [3.63, 3.8) is 0 Å². The van der Waals surface area contributed by atoms with Gasteiger partial charge in [0.05, 0.1) is 16.9 Å². The molecule has 2 heterocycles. The van der Waals surface area contributed by atoms with Crippen LogP contribution in [0.1, 0.15) is 0 Å². The van der Waals surface area contributed by atoms with Gasteiger partial charge in [-0.3, -0.25) is 4.72 Å². The van der Waals surface area contributed by atoms with Crippen molar-refractivity contribution in [3.05, 3.63) is 79.4 Å². The second-order valence-electron chi connectivity index (χ2n) is 7.36. The lowest BCUT2D eigenvalue weighted by Crippen LogP contribution is -2.19. The number of anilines is 4. The van der Waals surface area contributed by atoms with Gasteiger partial charge >= 0.3 is 0 Å². The van der Waals surface area contributed by atoms with Crippen LogP contribution in [0.2, 0.25) is 0 Å². The zero-order valence-electron chi connectivity index (χ0n) is 19.6. The van der Waals surface area contributed by atoms with Gasteiger partial charge in [0.2, 0.25) is 11.8 Å². The minimum atomic E-state index is -3.90. The van der Waals surface area contributed by atoms with Gasteiger partial charge in [-0.05, 0) is 66.8 Å². The monoisotopic (exact) mass is 572 g/mol. The van der Waals surface area contributed by atoms with E-state index in [-0.39, 0.29) is 32.5 Å². The zero-order chi connectivity index (χ0) is 27.2. The fourth-order valence-corrected chi connectivity index (χ4v) is 5.16. The smallest absolute Gasteiger partial charge is 0.264 e. The molecule has 0 fully saturated rings. The summed E-state index contributed by atoms with van der Waals surface area (Å²) in [6.45, 7) is 0. The summed E-state index contributed by atoms with van der Waals surface area (Å²) in [4.78, 5) is 15.4. The van der Waals surface area contributed by atoms with Crippen LogP contribution in [0.5, 0.6) is 5.88 Å². The van der Waals surface area contributed by atoms with E-state index in [1.165, 1.54) is 80.4 Å². The van der Waals surface area contributed by atoms with Gasteiger partial charge in [-0.1, -0.05) is 0 Å². The maximum Gasteiger partial charge on any atom is 0.264 e. The van der Waals surface area contributed by atoms with E-state index in [9.17, 15) is 16.8 Å². The molecule has 4 aromatic rings. The first-order chi connectivity index (χ1) is 18.1. The molecule has 0 saturated heterocycles. The second-order valence-corrected chi connectivity index (χ2v) is 11.1. The first-order valence-electron chi connectivity index (χ1n) is 10.6. The van der Waals surface area contributed by atoms with Gasteiger partial charge < -0.3 is 15.4 Å². The summed E-state index contributed by atoms with van der Waals surface area (Å²) in [6, 6.07) is 14.7. The molecule has 0 spiro atoms. The van der Waals surface area contributed by atoms with E-state index in [1.807, 2.05) is 0 Å². The molecular weight excluding hydrogens is 552 g/mol. The number of benzene rings is 2. The number of methoxy groups -OCH3 is 1. The van der Waals surface area contributed by atoms with E-state index in [0.29, 0.717) is 11.4 Å². The number of hydrogen-bond donors (Lipinski definition) is 4. The molecule has 0 amide bonds. The molecule has 196 valence electrons. The SMILES string of the molecule is COc1cc(NS(=O)(=O)c2ccc(NC(=S)Nc3ccc(S(=O)(=O)Nc4ncccn4)cc3)cc2)ncn1. The Bertz CT molecular complexity index is 1630. The lowest BCUT2D eigenvalue weighted by Gasteiger charge is -2.12. The summed E-state index contributed by atoms with van der Waals surface area (Å²) in [7, 11) is -6.36. The maximum absolute atomic E-state index is 12.7. The molecule has 0 aliphatic heterocycles. The molecule has 0 saturated carbocycles. The number of aromatic nitrogens is 4. The van der Waals surface area contributed by atoms with E-state index in [2.05, 4.69) is 40.0 Å². The zero-order valence-corrected chi connectivity index (χ0v) is 22.0. The maximum atomic E-state index is 12.7. The summed E-state index contributed by atoms with van der Waals surface area (Å²) in [5.74, 6) is 0.240. The summed E-state index contributed by atoms with van der Waals surface area (Å²) in [5.41, 5.74) is 1.05. The Balaban J connectivity index is 1.35. The molecule has 0 unspecified atom stereocenters. The lowest BCUT2D eigenvalue weighted by molar-refractivity contribution is 0.397. The molecule has 0 aliphatic carbocycles. The van der Waals surface area contributed by atoms with E-state index in [0.717, 1.165) is 0 Å². The summed E-state index contributed by atoms with van der Waals surface area (Å²) < 4.78 is 59.9. The Morgan fingerprint density at radius 2 is 1.29 bits per heavy atom. The van der Waals surface area contributed by atoms with Gasteiger partial charge in [-0.2, -0.15) is 0 Å². The summed E-state index contributed by atoms with van der Waals surface area (Å²) >= 11 is 5.30. The van der Waals surface area contributed by atoms with Gasteiger partial charge in [-0.25, -0.2) is 41.5 Å². The van der Waals surface area contributed by atoms with Crippen molar-refractivity contribution >= 4 is 60.5 Å². The number of ether oxygens (including phenoxy) is 1. The van der Waals surface area contributed by atoms with E-state index in [4.69, 9.17) is 17.0 Å². The fourth-order valence-electron chi connectivity index (χ4n) is 2.96. The van der Waals surface area contributed by atoms with Crippen molar-refractivity contribution < 1.29 is 21.6 Å². The van der Waals surface area contributed by atoms with E-state index >= 15 is 0 Å². The molecule has 2 aromatic carbocycles. The minimum Gasteiger partial charge on any atom is -0.481 e. The molecule has 0 aliphatic rings. The number of nitrogens with zero attached hydrogens (tertiary/aromatic N) is 4. The van der Waals surface area contributed by atoms with Crippen LogP contribution in [0.4, 0.5) is 23.1 Å². The number of sulfonamides is 2. The van der Waals surface area contributed by atoms with Crippen molar-refractivity contribution in [3.8, 4) is 5.88 Å². The molecule has 0 bridgehead atoms. The topological polar surface area (TPSA) is 177 Å². The third kappa shape index (κ3) is 6.87. The Labute approximate surface area is 223 Å². The molecule has 4 rings (SSSR count). The number of hydrogen-bond acceptors (Lipinski definition) is 10. The predicted octanol–water partition coefficient (Wildman–Crippen LogP) is 2.69. The highest BCUT2D eigenvalue weighted by Crippen LogP contribution is 2.20. The van der Waals surface area contributed by atoms with Crippen molar-refractivity contribution in [2.45, 2.75) is 9.79 Å². The first-order valence-corrected chi connectivity index (χ1v) is 14.0. The van der Waals surface area contributed by atoms with Gasteiger partial charge in [0.15, 0.2) is 5.11 Å². The van der Waals surface area contributed by atoms with Gasteiger partial charge in [0.1, 0.15) is 12.1 Å². The highest BCUT2D eigenvalue weighted by molar-refractivity contribution is 7.93. The van der Waals surface area contributed by atoms with Crippen LogP contribution >= 0.6 is 12.2 Å². The van der Waals surface area contributed by atoms with Crippen LogP contribution < -0.4 is 24.8 Å². The average molecular weight is 573 g/mol. The minimum absolute atomic E-state index is 0.00539. The third-order valence-corrected chi connectivity index (χ3v) is 7.65. The van der Waals surface area contributed by atoms with E-state index in [1.54, 1.807) is 6.07 Å². The molecule has 2 aromatic heterocycles. The Kier molecular flexibility index (Phi) is 7.94. The summed E-state index contributed by atoms with van der Waals surface area (Å²) in [5, 5.41) is 6.07. The van der Waals surface area contributed by atoms with E-state index < -0.39 is 20.0 Å². The largest absolute Gasteiger partial charge is 0.481 e. The number of thiocarbonyl (C=S) groups is 1. The van der Waals surface area contributed by atoms with Gasteiger partial charge in [-0.15, -0.1) is 0 Å². The number of rotatable bonds is 9. The molecule has 4 N–H and O–H groups in total. The lowest BCUT2D eigenvalue weighted by atomic mass is 10.3. The van der Waals surface area contributed by atoms with Crippen molar-refractivity contribution in [1.82, 2.24) is 19.9 Å². The molecule has 0 radical (unpaired) electrons. The van der Waals surface area contributed by atoms with Crippen LogP contribution in [0.3, 0.4) is 0 Å². The Hall–Kier alpha value is -4.41. The normalized spacial score (nSPS) is 11.3. The quantitative estimate of drug-likeness (QED) is 0.216. The molecule has 13 nitrogen and oxygen atoms in total. The van der Waals surface area contributed by atoms with Gasteiger partial charge in [0.25, 0.3) is 20.0 Å². The predicted molar refractivity (Wildman–Crippen MR) is 145 cm³/mol. The summed E-state index contributed by atoms with van der Waals surface area (Å²) in [6.07, 6.45) is 4.03. The average Bonchev–Trinajstić information content (AvgIpc) is 2.89. The van der Waals surface area contributed by atoms with Crippen LogP contribution in [-0.4, -0.2) is 49.0 Å². The van der Waals surface area contributed by atoms with Gasteiger partial charge in [0, 0.05) is 29.8 Å².